The highest BCUT2D eigenvalue weighted by Crippen LogP contribution is 2.28. The van der Waals surface area contributed by atoms with Crippen LogP contribution >= 0.6 is 12.8 Å². The van der Waals surface area contributed by atoms with Crippen molar-refractivity contribution in [2.75, 3.05) is 0 Å². The molecule has 0 radical (unpaired) electrons. The molecule has 0 aliphatic carbocycles. The van der Waals surface area contributed by atoms with Crippen molar-refractivity contribution in [1.29, 1.82) is 0 Å². The van der Waals surface area contributed by atoms with Crippen LogP contribution in [0.2, 0.25) is 0 Å². The molecular weight excluding hydrogens is 404 g/mol. The van der Waals surface area contributed by atoms with E-state index in [1.807, 2.05) is 19.1 Å². The SMILES string of the molecule is C#C.CC(C)C.Cc1ccc(C(=O)C[C@@H](NS)c2ccc(O)cc2CC(F)F)cc1. The van der Waals surface area contributed by atoms with Crippen molar-refractivity contribution in [2.45, 2.75) is 53.0 Å². The minimum Gasteiger partial charge on any atom is -0.508 e. The fraction of sp³-hybridized carbons (Fsp3) is 0.375. The molecule has 0 aromatic heterocycles. The second-order valence-electron chi connectivity index (χ2n) is 7.39. The van der Waals surface area contributed by atoms with Gasteiger partial charge in [0, 0.05) is 24.4 Å². The molecule has 2 rings (SSSR count). The molecule has 0 fully saturated rings. The van der Waals surface area contributed by atoms with E-state index in [4.69, 9.17) is 0 Å². The molecule has 0 saturated carbocycles. The number of aryl methyl sites for hydroxylation is 1. The number of aromatic hydroxyl groups is 1. The van der Waals surface area contributed by atoms with Crippen LogP contribution in [0.25, 0.3) is 0 Å². The number of phenolic OH excluding ortho intramolecular Hbond substituents is 1. The predicted octanol–water partition coefficient (Wildman–Crippen LogP) is 6.17. The first-order valence-corrected chi connectivity index (χ1v) is 10.0. The maximum Gasteiger partial charge on any atom is 0.242 e. The van der Waals surface area contributed by atoms with Crippen LogP contribution in [0.15, 0.2) is 42.5 Å². The van der Waals surface area contributed by atoms with Crippen LogP contribution in [0.5, 0.6) is 5.75 Å². The molecule has 1 atom stereocenters. The quantitative estimate of drug-likeness (QED) is 0.277. The second-order valence-corrected chi connectivity index (χ2v) is 7.64. The summed E-state index contributed by atoms with van der Waals surface area (Å²) in [7, 11) is 0. The van der Waals surface area contributed by atoms with Crippen LogP contribution in [-0.2, 0) is 6.42 Å². The number of hydrogen-bond donors (Lipinski definition) is 3. The van der Waals surface area contributed by atoms with Gasteiger partial charge in [-0.05, 0) is 36.1 Å². The summed E-state index contributed by atoms with van der Waals surface area (Å²) in [4.78, 5) is 12.4. The molecule has 0 amide bonds. The molecule has 0 heterocycles. The average Bonchev–Trinajstić information content (AvgIpc) is 2.67. The third-order valence-electron chi connectivity index (χ3n) is 3.80. The molecule has 0 unspecified atom stereocenters. The van der Waals surface area contributed by atoms with Gasteiger partial charge >= 0.3 is 0 Å². The monoisotopic (exact) mass is 435 g/mol. The predicted molar refractivity (Wildman–Crippen MR) is 123 cm³/mol. The Morgan fingerprint density at radius 2 is 1.63 bits per heavy atom. The van der Waals surface area contributed by atoms with Crippen molar-refractivity contribution in [1.82, 2.24) is 4.72 Å². The molecular formula is C24H31F2NO2S. The van der Waals surface area contributed by atoms with E-state index >= 15 is 0 Å². The number of thiol groups is 1. The standard InChI is InChI=1S/C18H19F2NO2S.C4H10.C2H2/c1-11-2-4-12(5-3-11)17(23)10-16(21-24)15-7-6-14(22)8-13(15)9-18(19)20;1-4(2)3;1-2/h2-8,16,18,21-22,24H,9-10H2,1H3;4H,1-3H3;1-2H/t16-;;/m1../s1. The van der Waals surface area contributed by atoms with Crippen LogP contribution in [0.1, 0.15) is 60.3 Å². The summed E-state index contributed by atoms with van der Waals surface area (Å²) in [6.45, 7) is 8.43. The second kappa shape index (κ2) is 14.6. The summed E-state index contributed by atoms with van der Waals surface area (Å²) in [5, 5.41) is 9.54. The Kier molecular flexibility index (Phi) is 13.4. The zero-order valence-corrected chi connectivity index (χ0v) is 18.8. The van der Waals surface area contributed by atoms with Crippen molar-refractivity contribution >= 4 is 18.6 Å². The number of carbonyl (C=O) groups is 1. The highest BCUT2D eigenvalue weighted by molar-refractivity contribution is 7.78. The van der Waals surface area contributed by atoms with E-state index in [9.17, 15) is 18.7 Å². The normalized spacial score (nSPS) is 11.2. The lowest BCUT2D eigenvalue weighted by Gasteiger charge is -2.19. The Bertz CT molecular complexity index is 787. The first-order valence-electron chi connectivity index (χ1n) is 9.56. The van der Waals surface area contributed by atoms with Gasteiger partial charge in [-0.2, -0.15) is 0 Å². The van der Waals surface area contributed by atoms with Gasteiger partial charge in [0.05, 0.1) is 0 Å². The Labute approximate surface area is 184 Å². The minimum absolute atomic E-state index is 0.0770. The Balaban J connectivity index is 0.00000125. The third kappa shape index (κ3) is 10.4. The topological polar surface area (TPSA) is 49.3 Å². The molecule has 0 saturated heterocycles. The van der Waals surface area contributed by atoms with Gasteiger partial charge in [-0.1, -0.05) is 69.5 Å². The fourth-order valence-electron chi connectivity index (χ4n) is 2.54. The van der Waals surface area contributed by atoms with E-state index < -0.39 is 18.9 Å². The molecule has 2 N–H and O–H groups in total. The van der Waals surface area contributed by atoms with E-state index in [0.717, 1.165) is 11.5 Å². The largest absolute Gasteiger partial charge is 0.508 e. The molecule has 3 nitrogen and oxygen atoms in total. The van der Waals surface area contributed by atoms with Crippen molar-refractivity contribution in [3.63, 3.8) is 0 Å². The van der Waals surface area contributed by atoms with E-state index in [1.54, 1.807) is 18.2 Å². The minimum atomic E-state index is -2.54. The van der Waals surface area contributed by atoms with Gasteiger partial charge in [0.15, 0.2) is 5.78 Å². The Morgan fingerprint density at radius 1 is 1.10 bits per heavy atom. The summed E-state index contributed by atoms with van der Waals surface area (Å²) in [6.07, 6.45) is 5.04. The van der Waals surface area contributed by atoms with Crippen LogP contribution < -0.4 is 4.72 Å². The number of phenols is 1. The summed E-state index contributed by atoms with van der Waals surface area (Å²) >= 11 is 4.04. The lowest BCUT2D eigenvalue weighted by Crippen LogP contribution is -2.19. The molecule has 0 aliphatic heterocycles. The van der Waals surface area contributed by atoms with Gasteiger partial charge in [0.25, 0.3) is 0 Å². The Hall–Kier alpha value is -2.36. The van der Waals surface area contributed by atoms with E-state index in [-0.39, 0.29) is 18.0 Å². The molecule has 0 bridgehead atoms. The molecule has 2 aromatic carbocycles. The van der Waals surface area contributed by atoms with Crippen LogP contribution in [0.3, 0.4) is 0 Å². The molecule has 30 heavy (non-hydrogen) atoms. The summed E-state index contributed by atoms with van der Waals surface area (Å²) in [5.74, 6) is 0.634. The number of ketones is 1. The third-order valence-corrected chi connectivity index (χ3v) is 4.11. The summed E-state index contributed by atoms with van der Waals surface area (Å²) < 4.78 is 28.3. The van der Waals surface area contributed by atoms with Crippen LogP contribution in [0.4, 0.5) is 8.78 Å². The number of alkyl halides is 2. The van der Waals surface area contributed by atoms with Gasteiger partial charge in [0.2, 0.25) is 6.43 Å². The highest BCUT2D eigenvalue weighted by Gasteiger charge is 2.20. The van der Waals surface area contributed by atoms with Gasteiger partial charge in [-0.25, -0.2) is 8.78 Å². The zero-order chi connectivity index (χ0) is 23.3. The molecule has 0 aliphatic rings. The van der Waals surface area contributed by atoms with E-state index in [1.165, 1.54) is 12.1 Å². The number of hydrogen-bond acceptors (Lipinski definition) is 4. The van der Waals surface area contributed by atoms with Gasteiger partial charge < -0.3 is 5.11 Å². The maximum atomic E-state index is 12.8. The smallest absolute Gasteiger partial charge is 0.242 e. The lowest BCUT2D eigenvalue weighted by molar-refractivity contribution is 0.0972. The number of halogens is 2. The number of benzene rings is 2. The number of carbonyl (C=O) groups excluding carboxylic acids is 1. The lowest BCUT2D eigenvalue weighted by atomic mass is 9.93. The van der Waals surface area contributed by atoms with Crippen molar-refractivity contribution < 1.29 is 18.7 Å². The van der Waals surface area contributed by atoms with Crippen LogP contribution in [-0.4, -0.2) is 17.3 Å². The highest BCUT2D eigenvalue weighted by atomic mass is 32.1. The molecule has 164 valence electrons. The van der Waals surface area contributed by atoms with E-state index in [0.29, 0.717) is 16.7 Å². The van der Waals surface area contributed by atoms with Gasteiger partial charge in [0.1, 0.15) is 5.75 Å². The summed E-state index contributed by atoms with van der Waals surface area (Å²) in [5.41, 5.74) is 2.44. The number of terminal acetylenes is 1. The Morgan fingerprint density at radius 3 is 2.10 bits per heavy atom. The number of nitrogens with one attached hydrogen (secondary N) is 1. The van der Waals surface area contributed by atoms with Crippen molar-refractivity contribution in [2.24, 2.45) is 5.92 Å². The first-order chi connectivity index (χ1) is 14.1. The molecule has 6 heteroatoms. The van der Waals surface area contributed by atoms with Crippen molar-refractivity contribution in [3.8, 4) is 18.6 Å². The van der Waals surface area contributed by atoms with Crippen molar-refractivity contribution in [3.05, 3.63) is 64.7 Å². The molecule has 0 spiro atoms. The van der Waals surface area contributed by atoms with Gasteiger partial charge in [-0.3, -0.25) is 9.52 Å². The summed E-state index contributed by atoms with van der Waals surface area (Å²) in [6, 6.07) is 10.9. The first kappa shape index (κ1) is 27.6. The van der Waals surface area contributed by atoms with Gasteiger partial charge in [-0.15, -0.1) is 12.8 Å². The average molecular weight is 436 g/mol. The number of Topliss-reactive ketones (excluding diaryl/α,β-unsaturated/α-hetero) is 1. The number of rotatable bonds is 7. The van der Waals surface area contributed by atoms with Crippen LogP contribution in [0, 0.1) is 25.7 Å². The zero-order valence-electron chi connectivity index (χ0n) is 17.9. The molecule has 2 aromatic rings. The maximum absolute atomic E-state index is 12.8. The fourth-order valence-corrected chi connectivity index (χ4v) is 2.77. The van der Waals surface area contributed by atoms with E-state index in [2.05, 4.69) is 51.2 Å².